The lowest BCUT2D eigenvalue weighted by atomic mass is 10.0. The second-order valence-corrected chi connectivity index (χ2v) is 14.2. The van der Waals surface area contributed by atoms with E-state index in [1.807, 2.05) is 84.3 Å². The smallest absolute Gasteiger partial charge is 0.254 e. The molecule has 8 heteroatoms. The quantitative estimate of drug-likeness (QED) is 0.200. The van der Waals surface area contributed by atoms with Crippen molar-refractivity contribution in [3.8, 4) is 21.1 Å². The minimum Gasteiger partial charge on any atom is -0.332 e. The maximum absolute atomic E-state index is 14.3. The number of carbonyl (C=O) groups excluding carboxylic acids is 2. The van der Waals surface area contributed by atoms with Crippen molar-refractivity contribution in [2.24, 2.45) is 0 Å². The van der Waals surface area contributed by atoms with E-state index in [1.54, 1.807) is 22.7 Å². The van der Waals surface area contributed by atoms with Crippen LogP contribution in [0.1, 0.15) is 44.3 Å². The highest BCUT2D eigenvalue weighted by Crippen LogP contribution is 2.33. The number of piperazine rings is 1. The topological polar surface area (TPSA) is 66.4 Å². The van der Waals surface area contributed by atoms with Crippen molar-refractivity contribution < 1.29 is 9.59 Å². The molecule has 220 valence electrons. The van der Waals surface area contributed by atoms with Crippen LogP contribution in [0.5, 0.6) is 0 Å². The zero-order valence-electron chi connectivity index (χ0n) is 25.1. The summed E-state index contributed by atoms with van der Waals surface area (Å²) in [6.07, 6.45) is 0. The van der Waals surface area contributed by atoms with E-state index in [0.29, 0.717) is 24.2 Å². The SMILES string of the molecule is Cc1ccc(-c2cc(C(=O)N3CC(C)N(C(=O)c4cc(-c5ccc(C)s5)nc5ccccc45)CC3C)c3ccccc3n2)s1. The Bertz CT molecular complexity index is 1910. The molecule has 5 heterocycles. The van der Waals surface area contributed by atoms with Crippen LogP contribution in [0.2, 0.25) is 0 Å². The highest BCUT2D eigenvalue weighted by atomic mass is 32.1. The predicted octanol–water partition coefficient (Wildman–Crippen LogP) is 8.23. The summed E-state index contributed by atoms with van der Waals surface area (Å²) in [4.78, 5) is 46.6. The largest absolute Gasteiger partial charge is 0.332 e. The molecule has 2 amide bonds. The second kappa shape index (κ2) is 11.3. The van der Waals surface area contributed by atoms with Crippen LogP contribution >= 0.6 is 22.7 Å². The molecule has 2 atom stereocenters. The normalized spacial score (nSPS) is 17.0. The summed E-state index contributed by atoms with van der Waals surface area (Å²) in [6.45, 7) is 9.09. The molecule has 0 spiro atoms. The van der Waals surface area contributed by atoms with Gasteiger partial charge in [-0.2, -0.15) is 0 Å². The molecule has 7 rings (SSSR count). The Morgan fingerprint density at radius 3 is 1.43 bits per heavy atom. The van der Waals surface area contributed by atoms with Crippen molar-refractivity contribution >= 4 is 56.3 Å². The fourth-order valence-electron chi connectivity index (χ4n) is 6.10. The van der Waals surface area contributed by atoms with Gasteiger partial charge in [-0.3, -0.25) is 9.59 Å². The van der Waals surface area contributed by atoms with Gasteiger partial charge in [0.2, 0.25) is 0 Å². The third-order valence-corrected chi connectivity index (χ3v) is 10.4. The predicted molar refractivity (Wildman–Crippen MR) is 181 cm³/mol. The number of amides is 2. The van der Waals surface area contributed by atoms with Gasteiger partial charge in [-0.05, 0) is 76.2 Å². The lowest BCUT2D eigenvalue weighted by Crippen LogP contribution is -2.59. The van der Waals surface area contributed by atoms with Crippen molar-refractivity contribution in [1.29, 1.82) is 0 Å². The van der Waals surface area contributed by atoms with Gasteiger partial charge in [0.15, 0.2) is 0 Å². The highest BCUT2D eigenvalue weighted by Gasteiger charge is 2.36. The first-order chi connectivity index (χ1) is 21.3. The Hall–Kier alpha value is -4.40. The van der Waals surface area contributed by atoms with Gasteiger partial charge in [0, 0.05) is 45.7 Å². The number of hydrogen-bond donors (Lipinski definition) is 0. The maximum Gasteiger partial charge on any atom is 0.254 e. The number of fused-ring (bicyclic) bond motifs is 2. The lowest BCUT2D eigenvalue weighted by Gasteiger charge is -2.44. The number of rotatable bonds is 4. The standard InChI is InChI=1S/C36H32N4O2S2/c1-21-19-40(36(42)28-18-32(34-16-14-24(4)44-34)38-30-12-8-6-10-26(28)30)22(2)20-39(21)35(41)27-17-31(33-15-13-23(3)43-33)37-29-11-7-5-9-25(27)29/h5-18,21-22H,19-20H2,1-4H3. The number of benzene rings is 2. The van der Waals surface area contributed by atoms with E-state index in [4.69, 9.17) is 9.97 Å². The van der Waals surface area contributed by atoms with Crippen LogP contribution in [0.4, 0.5) is 0 Å². The molecule has 1 aliphatic rings. The fourth-order valence-corrected chi connectivity index (χ4v) is 7.76. The van der Waals surface area contributed by atoms with Crippen molar-refractivity contribution in [2.75, 3.05) is 13.1 Å². The zero-order valence-corrected chi connectivity index (χ0v) is 26.7. The van der Waals surface area contributed by atoms with Gasteiger partial charge in [-0.15, -0.1) is 22.7 Å². The third-order valence-electron chi connectivity index (χ3n) is 8.39. The number of para-hydroxylation sites is 2. The third kappa shape index (κ3) is 5.08. The minimum atomic E-state index is -0.172. The first-order valence-electron chi connectivity index (χ1n) is 14.8. The summed E-state index contributed by atoms with van der Waals surface area (Å²) in [6, 6.07) is 27.5. The molecule has 0 N–H and O–H groups in total. The average Bonchev–Trinajstić information content (AvgIpc) is 3.68. The molecular weight excluding hydrogens is 585 g/mol. The Kier molecular flexibility index (Phi) is 7.26. The van der Waals surface area contributed by atoms with Gasteiger partial charge < -0.3 is 9.80 Å². The van der Waals surface area contributed by atoms with Crippen molar-refractivity contribution in [3.05, 3.63) is 106 Å². The summed E-state index contributed by atoms with van der Waals surface area (Å²) in [5.74, 6) is -0.0661. The molecule has 0 saturated carbocycles. The molecular formula is C36H32N4O2S2. The molecule has 1 fully saturated rings. The van der Waals surface area contributed by atoms with E-state index in [9.17, 15) is 9.59 Å². The van der Waals surface area contributed by atoms with Crippen molar-refractivity contribution in [1.82, 2.24) is 19.8 Å². The van der Waals surface area contributed by atoms with Gasteiger partial charge in [0.1, 0.15) is 0 Å². The molecule has 0 bridgehead atoms. The molecule has 44 heavy (non-hydrogen) atoms. The molecule has 2 aromatic carbocycles. The summed E-state index contributed by atoms with van der Waals surface area (Å²) in [5, 5.41) is 1.68. The first-order valence-corrected chi connectivity index (χ1v) is 16.5. The molecule has 4 aromatic heterocycles. The second-order valence-electron chi connectivity index (χ2n) is 11.6. The van der Waals surface area contributed by atoms with Crippen LogP contribution in [0.25, 0.3) is 42.9 Å². The number of aromatic nitrogens is 2. The Labute approximate surface area is 264 Å². The lowest BCUT2D eigenvalue weighted by molar-refractivity contribution is 0.0272. The Morgan fingerprint density at radius 2 is 1.05 bits per heavy atom. The molecule has 0 radical (unpaired) electrons. The summed E-state index contributed by atoms with van der Waals surface area (Å²) >= 11 is 3.35. The number of hydrogen-bond acceptors (Lipinski definition) is 6. The molecule has 6 nitrogen and oxygen atoms in total. The monoisotopic (exact) mass is 616 g/mol. The van der Waals surface area contributed by atoms with Gasteiger partial charge in [-0.25, -0.2) is 9.97 Å². The van der Waals surface area contributed by atoms with Crippen LogP contribution in [0.15, 0.2) is 84.9 Å². The van der Waals surface area contributed by atoms with E-state index in [0.717, 1.165) is 42.9 Å². The van der Waals surface area contributed by atoms with Gasteiger partial charge in [0.25, 0.3) is 11.8 Å². The van der Waals surface area contributed by atoms with Crippen LogP contribution in [-0.2, 0) is 0 Å². The van der Waals surface area contributed by atoms with Gasteiger partial charge >= 0.3 is 0 Å². The number of nitrogens with zero attached hydrogens (tertiary/aromatic N) is 4. The van der Waals surface area contributed by atoms with Gasteiger partial charge in [0.05, 0.1) is 43.3 Å². The van der Waals surface area contributed by atoms with Gasteiger partial charge in [-0.1, -0.05) is 36.4 Å². The van der Waals surface area contributed by atoms with Crippen LogP contribution in [0, 0.1) is 13.8 Å². The molecule has 6 aromatic rings. The molecule has 1 aliphatic heterocycles. The van der Waals surface area contributed by atoms with E-state index in [2.05, 4.69) is 38.1 Å². The van der Waals surface area contributed by atoms with Crippen LogP contribution in [-0.4, -0.2) is 56.8 Å². The van der Waals surface area contributed by atoms with E-state index in [1.165, 1.54) is 9.75 Å². The van der Waals surface area contributed by atoms with Crippen LogP contribution in [0.3, 0.4) is 0 Å². The minimum absolute atomic E-state index is 0.0331. The number of pyridine rings is 2. The number of aryl methyl sites for hydroxylation is 2. The summed E-state index contributed by atoms with van der Waals surface area (Å²) in [5.41, 5.74) is 4.50. The molecule has 0 aliphatic carbocycles. The maximum atomic E-state index is 14.3. The van der Waals surface area contributed by atoms with Crippen molar-refractivity contribution in [3.63, 3.8) is 0 Å². The molecule has 2 unspecified atom stereocenters. The highest BCUT2D eigenvalue weighted by molar-refractivity contribution is 7.15. The Balaban J connectivity index is 1.21. The first kappa shape index (κ1) is 28.4. The van der Waals surface area contributed by atoms with Crippen LogP contribution < -0.4 is 0 Å². The van der Waals surface area contributed by atoms with E-state index in [-0.39, 0.29) is 23.9 Å². The van der Waals surface area contributed by atoms with E-state index >= 15 is 0 Å². The average molecular weight is 617 g/mol. The zero-order chi connectivity index (χ0) is 30.5. The number of thiophene rings is 2. The van der Waals surface area contributed by atoms with E-state index < -0.39 is 0 Å². The summed E-state index contributed by atoms with van der Waals surface area (Å²) < 4.78 is 0. The number of carbonyl (C=O) groups is 2. The fraction of sp³-hybridized carbons (Fsp3) is 0.222. The van der Waals surface area contributed by atoms with Crippen molar-refractivity contribution in [2.45, 2.75) is 39.8 Å². The Morgan fingerprint density at radius 1 is 0.636 bits per heavy atom. The molecule has 1 saturated heterocycles. The summed E-state index contributed by atoms with van der Waals surface area (Å²) in [7, 11) is 0.